The number of aromatic amines is 1. The van der Waals surface area contributed by atoms with Crippen LogP contribution in [0.1, 0.15) is 56.3 Å². The second-order valence-corrected chi connectivity index (χ2v) is 8.87. The van der Waals surface area contributed by atoms with Crippen molar-refractivity contribution in [1.82, 2.24) is 30.1 Å². The number of hydrogen-bond acceptors (Lipinski definition) is 7. The van der Waals surface area contributed by atoms with E-state index in [-0.39, 0.29) is 23.7 Å². The van der Waals surface area contributed by atoms with Gasteiger partial charge >= 0.3 is 6.09 Å². The van der Waals surface area contributed by atoms with E-state index in [0.29, 0.717) is 29.5 Å². The van der Waals surface area contributed by atoms with Crippen LogP contribution in [0.15, 0.2) is 18.3 Å². The van der Waals surface area contributed by atoms with Gasteiger partial charge in [-0.25, -0.2) is 9.31 Å². The minimum atomic E-state index is -0.656. The van der Waals surface area contributed by atoms with Gasteiger partial charge in [0, 0.05) is 30.3 Å². The van der Waals surface area contributed by atoms with Crippen molar-refractivity contribution in [2.75, 3.05) is 12.4 Å². The number of amides is 1. The summed E-state index contributed by atoms with van der Waals surface area (Å²) in [6.07, 6.45) is 5.20. The summed E-state index contributed by atoms with van der Waals surface area (Å²) in [5, 5.41) is 17.6. The van der Waals surface area contributed by atoms with E-state index in [1.54, 1.807) is 13.2 Å². The van der Waals surface area contributed by atoms with Gasteiger partial charge in [0.1, 0.15) is 11.6 Å². The highest BCUT2D eigenvalue weighted by atomic mass is 19.1. The van der Waals surface area contributed by atoms with Gasteiger partial charge in [-0.15, -0.1) is 0 Å². The molecule has 3 aromatic heterocycles. The van der Waals surface area contributed by atoms with Crippen LogP contribution in [0.5, 0.6) is 0 Å². The number of nitrogens with zero attached hydrogens (tertiary/aromatic N) is 4. The fourth-order valence-electron chi connectivity index (χ4n) is 4.13. The molecule has 2 aliphatic carbocycles. The van der Waals surface area contributed by atoms with Crippen molar-refractivity contribution in [2.24, 2.45) is 0 Å². The number of nitrogens with one attached hydrogen (secondary N) is 3. The maximum Gasteiger partial charge on any atom is 0.407 e. The van der Waals surface area contributed by atoms with Crippen LogP contribution in [0.4, 0.5) is 20.8 Å². The van der Waals surface area contributed by atoms with Crippen LogP contribution in [-0.2, 0) is 16.1 Å². The van der Waals surface area contributed by atoms with Crippen molar-refractivity contribution in [3.63, 3.8) is 0 Å². The number of fused-ring (bicyclic) bond motifs is 1. The van der Waals surface area contributed by atoms with Gasteiger partial charge < -0.3 is 20.1 Å². The molecule has 11 heteroatoms. The highest BCUT2D eigenvalue weighted by Crippen LogP contribution is 2.37. The van der Waals surface area contributed by atoms with Gasteiger partial charge in [0.25, 0.3) is 0 Å². The number of halogens is 1. The van der Waals surface area contributed by atoms with Gasteiger partial charge in [-0.1, -0.05) is 0 Å². The van der Waals surface area contributed by atoms with Crippen LogP contribution >= 0.6 is 0 Å². The monoisotopic (exact) mass is 443 g/mol. The first-order valence-corrected chi connectivity index (χ1v) is 10.8. The number of carbonyl (C=O) groups excluding carboxylic acids is 1. The lowest BCUT2D eigenvalue weighted by Crippen LogP contribution is -2.36. The Labute approximate surface area is 183 Å². The molecule has 32 heavy (non-hydrogen) atoms. The van der Waals surface area contributed by atoms with E-state index in [4.69, 9.17) is 9.47 Å². The molecule has 0 spiro atoms. The van der Waals surface area contributed by atoms with E-state index in [2.05, 4.69) is 30.9 Å². The summed E-state index contributed by atoms with van der Waals surface area (Å²) in [5.74, 6) is 0.391. The standard InChI is InChI=1S/C21H26FN7O3/c1-21(5-6-21)25-20(30)32-14-4-3-12(7-14)15-9-18(27-26-15)24-19-16-8-13(11-31-2)28-29(16)10-17(22)23-19/h8-10,12,14H,3-7,11H2,1-2H3,(H,25,30)(H2,23,24,26,27). The van der Waals surface area contributed by atoms with Crippen LogP contribution in [-0.4, -0.2) is 49.6 Å². The Hall–Kier alpha value is -3.21. The van der Waals surface area contributed by atoms with E-state index in [0.717, 1.165) is 37.8 Å². The average molecular weight is 443 g/mol. The summed E-state index contributed by atoms with van der Waals surface area (Å²) < 4.78 is 26.1. The van der Waals surface area contributed by atoms with Gasteiger partial charge in [-0.05, 0) is 45.1 Å². The minimum Gasteiger partial charge on any atom is -0.446 e. The van der Waals surface area contributed by atoms with Crippen molar-refractivity contribution >= 4 is 23.2 Å². The summed E-state index contributed by atoms with van der Waals surface area (Å²) in [7, 11) is 1.58. The number of hydrogen-bond donors (Lipinski definition) is 3. The number of H-pyrrole nitrogens is 1. The quantitative estimate of drug-likeness (QED) is 0.512. The molecular weight excluding hydrogens is 417 g/mol. The smallest absolute Gasteiger partial charge is 0.407 e. The van der Waals surface area contributed by atoms with E-state index in [9.17, 15) is 9.18 Å². The topological polar surface area (TPSA) is 118 Å². The lowest BCUT2D eigenvalue weighted by molar-refractivity contribution is 0.0967. The first kappa shape index (κ1) is 20.7. The van der Waals surface area contributed by atoms with Gasteiger partial charge in [0.05, 0.1) is 18.5 Å². The molecule has 2 saturated carbocycles. The number of anilines is 2. The lowest BCUT2D eigenvalue weighted by Gasteiger charge is -2.16. The zero-order valence-corrected chi connectivity index (χ0v) is 18.0. The number of methoxy groups -OCH3 is 1. The molecule has 2 aliphatic rings. The van der Waals surface area contributed by atoms with Crippen LogP contribution < -0.4 is 10.6 Å². The molecular formula is C21H26FN7O3. The molecule has 10 nitrogen and oxygen atoms in total. The van der Waals surface area contributed by atoms with Crippen LogP contribution in [0.2, 0.25) is 0 Å². The van der Waals surface area contributed by atoms with Gasteiger partial charge in [-0.2, -0.15) is 19.6 Å². The third kappa shape index (κ3) is 4.38. The maximum atomic E-state index is 14.0. The van der Waals surface area contributed by atoms with E-state index in [1.165, 1.54) is 10.7 Å². The second-order valence-electron chi connectivity index (χ2n) is 8.87. The number of alkyl carbamates (subject to hydrolysis) is 1. The zero-order valence-electron chi connectivity index (χ0n) is 18.0. The summed E-state index contributed by atoms with van der Waals surface area (Å²) >= 11 is 0. The molecule has 0 radical (unpaired) electrons. The van der Waals surface area contributed by atoms with Crippen LogP contribution in [0.25, 0.3) is 5.52 Å². The Morgan fingerprint density at radius 3 is 3.00 bits per heavy atom. The molecule has 2 unspecified atom stereocenters. The predicted octanol–water partition coefficient (Wildman–Crippen LogP) is 3.40. The fraction of sp³-hybridized carbons (Fsp3) is 0.524. The highest BCUT2D eigenvalue weighted by molar-refractivity contribution is 5.72. The largest absolute Gasteiger partial charge is 0.446 e. The van der Waals surface area contributed by atoms with Gasteiger partial charge in [0.15, 0.2) is 11.6 Å². The fourth-order valence-corrected chi connectivity index (χ4v) is 4.13. The SMILES string of the molecule is COCc1cc2c(Nc3cc(C4CCC(OC(=O)NC5(C)CC5)C4)[nH]n3)nc(F)cn2n1. The molecule has 0 saturated heterocycles. The van der Waals surface area contributed by atoms with Crippen LogP contribution in [0, 0.1) is 5.95 Å². The Bertz CT molecular complexity index is 1140. The van der Waals surface area contributed by atoms with E-state index < -0.39 is 5.95 Å². The third-order valence-electron chi connectivity index (χ3n) is 6.11. The Morgan fingerprint density at radius 2 is 2.22 bits per heavy atom. The molecule has 2 atom stereocenters. The van der Waals surface area contributed by atoms with Gasteiger partial charge in [0.2, 0.25) is 5.95 Å². The van der Waals surface area contributed by atoms with Crippen molar-refractivity contribution in [3.8, 4) is 0 Å². The van der Waals surface area contributed by atoms with Crippen LogP contribution in [0.3, 0.4) is 0 Å². The molecule has 5 rings (SSSR count). The second kappa shape index (κ2) is 8.05. The first-order valence-electron chi connectivity index (χ1n) is 10.8. The molecule has 1 amide bonds. The number of carbonyl (C=O) groups is 1. The molecule has 170 valence electrons. The molecule has 0 aliphatic heterocycles. The first-order chi connectivity index (χ1) is 15.4. The number of ether oxygens (including phenoxy) is 2. The number of rotatable bonds is 7. The summed E-state index contributed by atoms with van der Waals surface area (Å²) in [4.78, 5) is 16.0. The summed E-state index contributed by atoms with van der Waals surface area (Å²) in [6.45, 7) is 2.34. The maximum absolute atomic E-state index is 14.0. The lowest BCUT2D eigenvalue weighted by atomic mass is 10.0. The Kier molecular flexibility index (Phi) is 5.20. The Morgan fingerprint density at radius 1 is 1.38 bits per heavy atom. The molecule has 0 aromatic carbocycles. The molecule has 3 N–H and O–H groups in total. The summed E-state index contributed by atoms with van der Waals surface area (Å²) in [6, 6.07) is 3.67. The van der Waals surface area contributed by atoms with Crippen molar-refractivity contribution in [1.29, 1.82) is 0 Å². The van der Waals surface area contributed by atoms with E-state index in [1.807, 2.05) is 13.0 Å². The van der Waals surface area contributed by atoms with Crippen molar-refractivity contribution in [3.05, 3.63) is 35.7 Å². The van der Waals surface area contributed by atoms with Crippen molar-refractivity contribution < 1.29 is 18.7 Å². The highest BCUT2D eigenvalue weighted by Gasteiger charge is 2.40. The Balaban J connectivity index is 1.24. The van der Waals surface area contributed by atoms with Gasteiger partial charge in [-0.3, -0.25) is 5.10 Å². The average Bonchev–Trinajstić information content (AvgIpc) is 3.14. The molecule has 3 aromatic rings. The third-order valence-corrected chi connectivity index (χ3v) is 6.11. The summed E-state index contributed by atoms with van der Waals surface area (Å²) in [5.41, 5.74) is 2.14. The predicted molar refractivity (Wildman–Crippen MR) is 113 cm³/mol. The molecule has 2 fully saturated rings. The zero-order chi connectivity index (χ0) is 22.3. The molecule has 0 bridgehead atoms. The normalized spacial score (nSPS) is 21.6. The minimum absolute atomic E-state index is 0.0881. The van der Waals surface area contributed by atoms with E-state index >= 15 is 0 Å². The number of aromatic nitrogens is 5. The molecule has 3 heterocycles. The van der Waals surface area contributed by atoms with Crippen molar-refractivity contribution in [2.45, 2.75) is 63.2 Å².